The average molecular weight is 725 g/mol. The summed E-state index contributed by atoms with van der Waals surface area (Å²) >= 11 is 22.5. The van der Waals surface area contributed by atoms with Crippen LogP contribution in [0.4, 0.5) is 0 Å². The van der Waals surface area contributed by atoms with E-state index in [9.17, 15) is 0 Å². The summed E-state index contributed by atoms with van der Waals surface area (Å²) in [5, 5.41) is 0. The third kappa shape index (κ3) is 6.41. The molecular formula is C24H20Br2S8. The van der Waals surface area contributed by atoms with E-state index >= 15 is 0 Å². The summed E-state index contributed by atoms with van der Waals surface area (Å²) in [6.45, 7) is 0. The van der Waals surface area contributed by atoms with Crippen LogP contribution in [0.5, 0.6) is 0 Å². The van der Waals surface area contributed by atoms with Crippen molar-refractivity contribution in [2.24, 2.45) is 0 Å². The maximum Gasteiger partial charge on any atom is 0.0657 e. The maximum absolute atomic E-state index is 3.73. The minimum absolute atomic E-state index is 1.09. The highest BCUT2D eigenvalue weighted by Gasteiger charge is 2.31. The van der Waals surface area contributed by atoms with Crippen LogP contribution in [0.15, 0.2) is 82.9 Å². The number of benzene rings is 2. The second kappa shape index (κ2) is 13.3. The summed E-state index contributed by atoms with van der Waals surface area (Å²) in [7, 11) is 0. The van der Waals surface area contributed by atoms with Gasteiger partial charge in [-0.15, -0.1) is 47.0 Å². The number of hydrogen-bond donors (Lipinski definition) is 0. The van der Waals surface area contributed by atoms with Gasteiger partial charge in [0.05, 0.1) is 25.4 Å². The first-order valence-corrected chi connectivity index (χ1v) is 19.6. The van der Waals surface area contributed by atoms with Gasteiger partial charge in [-0.1, -0.05) is 103 Å². The summed E-state index contributed by atoms with van der Waals surface area (Å²) in [4.78, 5) is 0. The molecule has 2 aromatic rings. The van der Waals surface area contributed by atoms with Crippen LogP contribution in [0.3, 0.4) is 0 Å². The monoisotopic (exact) mass is 722 g/mol. The zero-order valence-electron chi connectivity index (χ0n) is 18.6. The summed E-state index contributed by atoms with van der Waals surface area (Å²) in [6.07, 6.45) is 8.71. The average Bonchev–Trinajstić information content (AvgIpc) is 3.45. The molecule has 2 aromatic carbocycles. The van der Waals surface area contributed by atoms with Crippen LogP contribution < -0.4 is 0 Å². The standard InChI is InChI=1S/C24H20Br2S8/c1-27-21-22(28-2)32-19(31-21)17(13-7-5-9-15(25)11-13)18(14-8-6-10-16(26)12-14)20-33-23(29-3)24(30-4)34-20/h5-12H,1-4H3. The second-order valence-corrected chi connectivity index (χ2v) is 17.5. The third-order valence-electron chi connectivity index (χ3n) is 4.70. The first-order valence-electron chi connectivity index (χ1n) is 9.85. The Labute approximate surface area is 253 Å². The lowest BCUT2D eigenvalue weighted by Crippen LogP contribution is -1.95. The summed E-state index contributed by atoms with van der Waals surface area (Å²) < 4.78 is 10.4. The molecule has 0 aromatic heterocycles. The van der Waals surface area contributed by atoms with E-state index in [1.807, 2.05) is 94.1 Å². The molecule has 0 aliphatic carbocycles. The van der Waals surface area contributed by atoms with E-state index in [-0.39, 0.29) is 0 Å². The molecule has 2 heterocycles. The van der Waals surface area contributed by atoms with Gasteiger partial charge in [-0.25, -0.2) is 0 Å². The van der Waals surface area contributed by atoms with Crippen molar-refractivity contribution in [1.29, 1.82) is 0 Å². The SMILES string of the molecule is CSC1=C(SC)SC(=C(C(=C2SC(SC)=C(SC)S2)c2cccc(Br)c2)c2cccc(Br)c2)S1. The molecule has 2 aliphatic rings. The largest absolute Gasteiger partial charge is 0.121 e. The number of allylic oxidation sites excluding steroid dienone is 2. The van der Waals surface area contributed by atoms with E-state index in [0.717, 1.165) is 8.95 Å². The Bertz CT molecular complexity index is 1100. The highest BCUT2D eigenvalue weighted by molar-refractivity contribution is 9.10. The molecule has 0 amide bonds. The maximum atomic E-state index is 3.73. The summed E-state index contributed by atoms with van der Waals surface area (Å²) in [5.41, 5.74) is 5.09. The Kier molecular flexibility index (Phi) is 11.0. The molecular weight excluding hydrogens is 705 g/mol. The molecule has 0 N–H and O–H groups in total. The minimum atomic E-state index is 1.09. The van der Waals surface area contributed by atoms with Crippen LogP contribution in [-0.2, 0) is 0 Å². The quantitative estimate of drug-likeness (QED) is 0.273. The highest BCUT2D eigenvalue weighted by Crippen LogP contribution is 2.64. The van der Waals surface area contributed by atoms with Crippen molar-refractivity contribution in [2.75, 3.05) is 25.0 Å². The van der Waals surface area contributed by atoms with Crippen molar-refractivity contribution in [3.05, 3.63) is 94.0 Å². The van der Waals surface area contributed by atoms with Crippen LogP contribution in [0.1, 0.15) is 11.1 Å². The Hall–Kier alpha value is 1.16. The van der Waals surface area contributed by atoms with Gasteiger partial charge in [0.25, 0.3) is 0 Å². The van der Waals surface area contributed by atoms with Gasteiger partial charge in [-0.3, -0.25) is 0 Å². The fraction of sp³-hybridized carbons (Fsp3) is 0.167. The molecule has 2 aliphatic heterocycles. The van der Waals surface area contributed by atoms with Crippen molar-refractivity contribution in [3.63, 3.8) is 0 Å². The predicted octanol–water partition coefficient (Wildman–Crippen LogP) is 11.9. The molecule has 0 atom stereocenters. The molecule has 0 unspecified atom stereocenters. The summed E-state index contributed by atoms with van der Waals surface area (Å²) in [5.74, 6) is 0. The van der Waals surface area contributed by atoms with Gasteiger partial charge in [-0.05, 0) is 60.4 Å². The summed E-state index contributed by atoms with van der Waals surface area (Å²) in [6, 6.07) is 17.5. The lowest BCUT2D eigenvalue weighted by atomic mass is 9.95. The molecule has 34 heavy (non-hydrogen) atoms. The number of halogens is 2. The van der Waals surface area contributed by atoms with Gasteiger partial charge in [-0.2, -0.15) is 0 Å². The topological polar surface area (TPSA) is 0 Å². The van der Waals surface area contributed by atoms with Gasteiger partial charge < -0.3 is 0 Å². The van der Waals surface area contributed by atoms with Crippen LogP contribution in [0, 0.1) is 0 Å². The smallest absolute Gasteiger partial charge is 0.0657 e. The molecule has 0 radical (unpaired) electrons. The molecule has 0 fully saturated rings. The number of rotatable bonds is 7. The van der Waals surface area contributed by atoms with Gasteiger partial charge in [0.1, 0.15) is 0 Å². The van der Waals surface area contributed by atoms with Crippen LogP contribution in [0.2, 0.25) is 0 Å². The van der Waals surface area contributed by atoms with Gasteiger partial charge in [0.2, 0.25) is 0 Å². The second-order valence-electron chi connectivity index (χ2n) is 6.72. The van der Waals surface area contributed by atoms with Crippen LogP contribution in [-0.4, -0.2) is 25.0 Å². The number of hydrogen-bond acceptors (Lipinski definition) is 8. The molecule has 178 valence electrons. The lowest BCUT2D eigenvalue weighted by molar-refractivity contribution is 1.55. The Morgan fingerprint density at radius 1 is 0.559 bits per heavy atom. The molecule has 0 saturated carbocycles. The van der Waals surface area contributed by atoms with Crippen molar-refractivity contribution < 1.29 is 0 Å². The van der Waals surface area contributed by atoms with Crippen molar-refractivity contribution in [2.45, 2.75) is 0 Å². The predicted molar refractivity (Wildman–Crippen MR) is 181 cm³/mol. The van der Waals surface area contributed by atoms with Gasteiger partial charge in [0, 0.05) is 20.1 Å². The van der Waals surface area contributed by atoms with Crippen molar-refractivity contribution in [3.8, 4) is 0 Å². The Morgan fingerprint density at radius 2 is 0.882 bits per heavy atom. The highest BCUT2D eigenvalue weighted by atomic mass is 79.9. The van der Waals surface area contributed by atoms with Crippen molar-refractivity contribution >= 4 is 137 Å². The molecule has 0 saturated heterocycles. The van der Waals surface area contributed by atoms with E-state index < -0.39 is 0 Å². The van der Waals surface area contributed by atoms with Gasteiger partial charge in [0.15, 0.2) is 0 Å². The van der Waals surface area contributed by atoms with E-state index in [4.69, 9.17) is 0 Å². The first kappa shape index (κ1) is 28.2. The van der Waals surface area contributed by atoms with E-state index in [1.165, 1.54) is 47.7 Å². The molecule has 4 rings (SSSR count). The lowest BCUT2D eigenvalue weighted by Gasteiger charge is -2.19. The molecule has 0 bridgehead atoms. The van der Waals surface area contributed by atoms with Gasteiger partial charge >= 0.3 is 0 Å². The zero-order valence-corrected chi connectivity index (χ0v) is 28.3. The zero-order chi connectivity index (χ0) is 24.2. The normalized spacial score (nSPS) is 16.2. The molecule has 10 heteroatoms. The van der Waals surface area contributed by atoms with Crippen molar-refractivity contribution in [1.82, 2.24) is 0 Å². The minimum Gasteiger partial charge on any atom is -0.121 e. The molecule has 0 nitrogen and oxygen atoms in total. The Morgan fingerprint density at radius 3 is 1.15 bits per heavy atom. The van der Waals surface area contributed by atoms with Crippen LogP contribution in [0.25, 0.3) is 11.1 Å². The fourth-order valence-corrected chi connectivity index (χ4v) is 14.3. The molecule has 0 spiro atoms. The van der Waals surface area contributed by atoms with E-state index in [1.54, 1.807) is 0 Å². The first-order chi connectivity index (χ1) is 16.5. The van der Waals surface area contributed by atoms with Crippen LogP contribution >= 0.6 is 126 Å². The van der Waals surface area contributed by atoms with E-state index in [0.29, 0.717) is 0 Å². The third-order valence-corrected chi connectivity index (χ3v) is 16.1. The van der Waals surface area contributed by atoms with E-state index in [2.05, 4.69) is 105 Å². The fourth-order valence-electron chi connectivity index (χ4n) is 3.27. The number of thioether (sulfide) groups is 8. The Balaban J connectivity index is 1.99.